The van der Waals surface area contributed by atoms with Crippen molar-refractivity contribution in [2.24, 2.45) is 0 Å². The third-order valence-corrected chi connectivity index (χ3v) is 5.74. The van der Waals surface area contributed by atoms with Gasteiger partial charge in [0.05, 0.1) is 14.2 Å². The molecular formula is C20H20N2O3S. The van der Waals surface area contributed by atoms with Gasteiger partial charge in [-0.3, -0.25) is 0 Å². The summed E-state index contributed by atoms with van der Waals surface area (Å²) in [4.78, 5) is 0. The molecule has 2 aromatic carbocycles. The number of benzene rings is 2. The number of fused-ring (bicyclic) bond motifs is 1. The van der Waals surface area contributed by atoms with E-state index in [0.717, 1.165) is 18.4 Å². The third-order valence-electron chi connectivity index (χ3n) is 4.59. The van der Waals surface area contributed by atoms with Crippen LogP contribution in [0, 0.1) is 0 Å². The Morgan fingerprint density at radius 1 is 1.04 bits per heavy atom. The maximum Gasteiger partial charge on any atom is 0.277 e. The monoisotopic (exact) mass is 368 g/mol. The van der Waals surface area contributed by atoms with E-state index >= 15 is 0 Å². The molecule has 0 radical (unpaired) electrons. The van der Waals surface area contributed by atoms with Crippen molar-refractivity contribution in [3.05, 3.63) is 53.6 Å². The average molecular weight is 368 g/mol. The van der Waals surface area contributed by atoms with Crippen LogP contribution in [0.1, 0.15) is 29.2 Å². The Morgan fingerprint density at radius 2 is 1.88 bits per heavy atom. The Kier molecular flexibility index (Phi) is 4.84. The van der Waals surface area contributed by atoms with Crippen LogP contribution in [-0.2, 0) is 6.42 Å². The molecule has 1 aliphatic carbocycles. The number of aryl methyl sites for hydroxylation is 1. The smallest absolute Gasteiger partial charge is 0.277 e. The van der Waals surface area contributed by atoms with Crippen LogP contribution in [-0.4, -0.2) is 24.4 Å². The van der Waals surface area contributed by atoms with E-state index in [4.69, 9.17) is 13.9 Å². The minimum atomic E-state index is 0.360. The molecule has 0 N–H and O–H groups in total. The molecule has 0 saturated carbocycles. The van der Waals surface area contributed by atoms with Crippen LogP contribution < -0.4 is 9.47 Å². The summed E-state index contributed by atoms with van der Waals surface area (Å²) in [6.45, 7) is 0. The molecule has 1 unspecified atom stereocenters. The highest BCUT2D eigenvalue weighted by Gasteiger charge is 2.23. The van der Waals surface area contributed by atoms with Crippen LogP contribution in [0.2, 0.25) is 0 Å². The van der Waals surface area contributed by atoms with Gasteiger partial charge >= 0.3 is 0 Å². The molecule has 5 nitrogen and oxygen atoms in total. The zero-order valence-corrected chi connectivity index (χ0v) is 15.6. The highest BCUT2D eigenvalue weighted by atomic mass is 32.2. The fourth-order valence-electron chi connectivity index (χ4n) is 3.30. The number of hydrogen-bond acceptors (Lipinski definition) is 6. The highest BCUT2D eigenvalue weighted by molar-refractivity contribution is 7.99. The van der Waals surface area contributed by atoms with E-state index in [0.29, 0.717) is 27.9 Å². The molecule has 1 heterocycles. The van der Waals surface area contributed by atoms with Crippen LogP contribution in [0.3, 0.4) is 0 Å². The number of hydrogen-bond donors (Lipinski definition) is 0. The zero-order chi connectivity index (χ0) is 17.9. The number of methoxy groups -OCH3 is 2. The predicted molar refractivity (Wildman–Crippen MR) is 101 cm³/mol. The first-order valence-electron chi connectivity index (χ1n) is 8.59. The molecule has 0 aliphatic heterocycles. The van der Waals surface area contributed by atoms with Gasteiger partial charge in [-0.15, -0.1) is 10.2 Å². The number of ether oxygens (including phenoxy) is 2. The number of rotatable bonds is 5. The number of nitrogens with zero attached hydrogens (tertiary/aromatic N) is 2. The van der Waals surface area contributed by atoms with Crippen molar-refractivity contribution in [1.82, 2.24) is 10.2 Å². The molecule has 1 aromatic heterocycles. The van der Waals surface area contributed by atoms with E-state index in [1.807, 2.05) is 18.2 Å². The van der Waals surface area contributed by atoms with E-state index in [-0.39, 0.29) is 0 Å². The van der Waals surface area contributed by atoms with Crippen molar-refractivity contribution in [2.45, 2.75) is 29.7 Å². The van der Waals surface area contributed by atoms with Crippen LogP contribution >= 0.6 is 11.8 Å². The summed E-state index contributed by atoms with van der Waals surface area (Å²) in [5.74, 6) is 1.79. The van der Waals surface area contributed by atoms with Crippen molar-refractivity contribution >= 4 is 11.8 Å². The van der Waals surface area contributed by atoms with E-state index in [2.05, 4.69) is 34.5 Å². The van der Waals surface area contributed by atoms with E-state index in [1.165, 1.54) is 17.5 Å². The van der Waals surface area contributed by atoms with Crippen molar-refractivity contribution in [1.29, 1.82) is 0 Å². The first-order chi connectivity index (χ1) is 12.8. The van der Waals surface area contributed by atoms with Gasteiger partial charge in [0, 0.05) is 10.8 Å². The molecule has 3 aromatic rings. The van der Waals surface area contributed by atoms with E-state index < -0.39 is 0 Å². The summed E-state index contributed by atoms with van der Waals surface area (Å²) in [7, 11) is 3.22. The Balaban J connectivity index is 1.56. The quantitative estimate of drug-likeness (QED) is 0.637. The normalized spacial score (nSPS) is 16.2. The van der Waals surface area contributed by atoms with Gasteiger partial charge in [-0.2, -0.15) is 0 Å². The fraction of sp³-hybridized carbons (Fsp3) is 0.300. The molecule has 26 heavy (non-hydrogen) atoms. The molecule has 134 valence electrons. The zero-order valence-electron chi connectivity index (χ0n) is 14.8. The topological polar surface area (TPSA) is 57.4 Å². The summed E-state index contributed by atoms with van der Waals surface area (Å²) < 4.78 is 16.5. The molecule has 6 heteroatoms. The van der Waals surface area contributed by atoms with Gasteiger partial charge in [0.15, 0.2) is 11.5 Å². The van der Waals surface area contributed by atoms with E-state index in [1.54, 1.807) is 26.0 Å². The molecule has 0 bridgehead atoms. The summed E-state index contributed by atoms with van der Waals surface area (Å²) in [6.07, 6.45) is 3.45. The van der Waals surface area contributed by atoms with Crippen molar-refractivity contribution in [3.63, 3.8) is 0 Å². The largest absolute Gasteiger partial charge is 0.493 e. The van der Waals surface area contributed by atoms with Crippen LogP contribution in [0.4, 0.5) is 0 Å². The second-order valence-corrected chi connectivity index (χ2v) is 7.29. The Bertz CT molecular complexity index is 910. The van der Waals surface area contributed by atoms with Gasteiger partial charge in [0.25, 0.3) is 5.22 Å². The minimum Gasteiger partial charge on any atom is -0.493 e. The average Bonchev–Trinajstić information content (AvgIpc) is 3.16. The minimum absolute atomic E-state index is 0.360. The van der Waals surface area contributed by atoms with Gasteiger partial charge in [-0.1, -0.05) is 36.0 Å². The fourth-order valence-corrected chi connectivity index (χ4v) is 4.40. The molecule has 0 amide bonds. The number of aromatic nitrogens is 2. The van der Waals surface area contributed by atoms with Crippen LogP contribution in [0.15, 0.2) is 52.1 Å². The standard InChI is InChI=1S/C20H20N2O3S/c1-23-16-11-10-14(12-17(16)24-2)19-21-22-20(25-19)26-18-9-5-7-13-6-3-4-8-15(13)18/h3-4,6,8,10-12,18H,5,7,9H2,1-2H3. The third kappa shape index (κ3) is 3.29. The van der Waals surface area contributed by atoms with Crippen molar-refractivity contribution in [3.8, 4) is 23.0 Å². The van der Waals surface area contributed by atoms with Gasteiger partial charge in [0.2, 0.25) is 5.89 Å². The Hall–Kier alpha value is -2.47. The molecular weight excluding hydrogens is 348 g/mol. The second-order valence-electron chi connectivity index (χ2n) is 6.14. The molecule has 0 fully saturated rings. The van der Waals surface area contributed by atoms with Gasteiger partial charge in [0.1, 0.15) is 0 Å². The van der Waals surface area contributed by atoms with Gasteiger partial charge < -0.3 is 13.9 Å². The lowest BCUT2D eigenvalue weighted by Gasteiger charge is -2.23. The molecule has 0 spiro atoms. The number of thioether (sulfide) groups is 1. The summed E-state index contributed by atoms with van der Waals surface area (Å²) >= 11 is 1.64. The van der Waals surface area contributed by atoms with Gasteiger partial charge in [-0.05, 0) is 48.6 Å². The molecule has 0 saturated heterocycles. The lowest BCUT2D eigenvalue weighted by atomic mass is 9.91. The maximum atomic E-state index is 5.90. The van der Waals surface area contributed by atoms with Crippen LogP contribution in [0.5, 0.6) is 11.5 Å². The Labute approximate surface area is 156 Å². The molecule has 4 rings (SSSR count). The highest BCUT2D eigenvalue weighted by Crippen LogP contribution is 2.43. The predicted octanol–water partition coefficient (Wildman–Crippen LogP) is 4.92. The first kappa shape index (κ1) is 17.0. The summed E-state index contributed by atoms with van der Waals surface area (Å²) in [6, 6.07) is 14.2. The van der Waals surface area contributed by atoms with Crippen molar-refractivity contribution in [2.75, 3.05) is 14.2 Å². The van der Waals surface area contributed by atoms with Crippen LogP contribution in [0.25, 0.3) is 11.5 Å². The van der Waals surface area contributed by atoms with Crippen molar-refractivity contribution < 1.29 is 13.9 Å². The summed E-state index contributed by atoms with van der Waals surface area (Å²) in [5.41, 5.74) is 3.62. The second kappa shape index (κ2) is 7.41. The SMILES string of the molecule is COc1ccc(-c2nnc(SC3CCCc4ccccc43)o2)cc1OC. The summed E-state index contributed by atoms with van der Waals surface area (Å²) in [5, 5.41) is 9.39. The van der Waals surface area contributed by atoms with Gasteiger partial charge in [-0.25, -0.2) is 0 Å². The van der Waals surface area contributed by atoms with E-state index in [9.17, 15) is 0 Å². The Morgan fingerprint density at radius 3 is 2.73 bits per heavy atom. The lowest BCUT2D eigenvalue weighted by Crippen LogP contribution is -2.06. The molecule has 1 atom stereocenters. The molecule has 1 aliphatic rings. The lowest BCUT2D eigenvalue weighted by molar-refractivity contribution is 0.355. The first-order valence-corrected chi connectivity index (χ1v) is 9.47. The maximum absolute atomic E-state index is 5.90.